The van der Waals surface area contributed by atoms with Crippen LogP contribution >= 0.6 is 0 Å². The summed E-state index contributed by atoms with van der Waals surface area (Å²) in [5, 5.41) is 15.4. The number of benzene rings is 1. The fourth-order valence-electron chi connectivity index (χ4n) is 4.15. The molecule has 0 radical (unpaired) electrons. The number of hydrogen-bond donors (Lipinski definition) is 4. The van der Waals surface area contributed by atoms with Crippen molar-refractivity contribution in [1.29, 1.82) is 0 Å². The Morgan fingerprint density at radius 3 is 2.87 bits per heavy atom. The average Bonchev–Trinajstić information content (AvgIpc) is 2.76. The van der Waals surface area contributed by atoms with Gasteiger partial charge in [0.05, 0.1) is 22.8 Å². The molecule has 8 nitrogen and oxygen atoms in total. The zero-order chi connectivity index (χ0) is 20.5. The second-order valence-corrected chi connectivity index (χ2v) is 7.72. The maximum absolute atomic E-state index is 12.6. The number of fused-ring (bicyclic) bond motifs is 2. The monoisotopic (exact) mass is 401 g/mol. The van der Waals surface area contributed by atoms with Crippen molar-refractivity contribution in [1.82, 2.24) is 20.2 Å². The summed E-state index contributed by atoms with van der Waals surface area (Å²) in [5.74, 6) is 1.13. The number of H-pyrrole nitrogens is 1. The molecule has 0 bridgehead atoms. The number of aromatic nitrogens is 4. The molecule has 1 saturated carbocycles. The Balaban J connectivity index is 1.60. The Kier molecular flexibility index (Phi) is 4.76. The minimum Gasteiger partial charge on any atom is -0.366 e. The summed E-state index contributed by atoms with van der Waals surface area (Å²) in [6.07, 6.45) is 7.69. The summed E-state index contributed by atoms with van der Waals surface area (Å²) in [5.41, 5.74) is 7.61. The van der Waals surface area contributed by atoms with E-state index in [1.807, 2.05) is 36.4 Å². The van der Waals surface area contributed by atoms with Gasteiger partial charge < -0.3 is 16.4 Å². The maximum Gasteiger partial charge on any atom is 0.275 e. The van der Waals surface area contributed by atoms with Crippen molar-refractivity contribution in [3.05, 3.63) is 59.1 Å². The number of nitrogens with zero attached hydrogens (tertiary/aromatic N) is 3. The molecule has 2 atom stereocenters. The van der Waals surface area contributed by atoms with Gasteiger partial charge in [0.2, 0.25) is 0 Å². The molecular formula is C22H23N7O. The molecule has 1 fully saturated rings. The summed E-state index contributed by atoms with van der Waals surface area (Å²) >= 11 is 0. The van der Waals surface area contributed by atoms with Crippen LogP contribution in [0.1, 0.15) is 25.7 Å². The molecular weight excluding hydrogens is 378 g/mol. The fourth-order valence-corrected chi connectivity index (χ4v) is 4.15. The third-order valence-electron chi connectivity index (χ3n) is 5.69. The van der Waals surface area contributed by atoms with Crippen LogP contribution in [0.15, 0.2) is 53.6 Å². The van der Waals surface area contributed by atoms with E-state index in [2.05, 4.69) is 25.8 Å². The molecule has 2 unspecified atom stereocenters. The fraction of sp³-hybridized carbons (Fsp3) is 0.273. The van der Waals surface area contributed by atoms with E-state index in [1.54, 1.807) is 12.4 Å². The van der Waals surface area contributed by atoms with E-state index < -0.39 is 0 Å². The van der Waals surface area contributed by atoms with Crippen molar-refractivity contribution < 1.29 is 0 Å². The molecule has 4 aromatic rings. The lowest BCUT2D eigenvalue weighted by molar-refractivity contribution is 0.403. The molecule has 152 valence electrons. The van der Waals surface area contributed by atoms with Crippen LogP contribution in [0.5, 0.6) is 0 Å². The van der Waals surface area contributed by atoms with E-state index in [9.17, 15) is 4.79 Å². The molecule has 30 heavy (non-hydrogen) atoms. The van der Waals surface area contributed by atoms with Gasteiger partial charge in [-0.1, -0.05) is 31.0 Å². The molecule has 5 N–H and O–H groups in total. The molecule has 1 aliphatic carbocycles. The Bertz CT molecular complexity index is 1260. The Hall–Kier alpha value is -3.52. The molecule has 0 amide bonds. The minimum absolute atomic E-state index is 0.0900. The average molecular weight is 401 g/mol. The number of hydrogen-bond acceptors (Lipinski definition) is 7. The van der Waals surface area contributed by atoms with Gasteiger partial charge in [0.1, 0.15) is 11.6 Å². The van der Waals surface area contributed by atoms with Gasteiger partial charge in [-0.25, -0.2) is 10.1 Å². The molecule has 1 aliphatic rings. The van der Waals surface area contributed by atoms with Gasteiger partial charge in [0.15, 0.2) is 0 Å². The van der Waals surface area contributed by atoms with E-state index >= 15 is 0 Å². The van der Waals surface area contributed by atoms with Gasteiger partial charge in [-0.2, -0.15) is 5.10 Å². The molecule has 0 saturated heterocycles. The maximum atomic E-state index is 12.6. The number of nitrogens with one attached hydrogen (secondary N) is 3. The highest BCUT2D eigenvalue weighted by molar-refractivity contribution is 5.98. The van der Waals surface area contributed by atoms with Gasteiger partial charge in [-0.15, -0.1) is 0 Å². The molecule has 5 rings (SSSR count). The number of aromatic amines is 1. The van der Waals surface area contributed by atoms with Crippen molar-refractivity contribution >= 4 is 39.0 Å². The lowest BCUT2D eigenvalue weighted by atomic mass is 9.91. The van der Waals surface area contributed by atoms with Gasteiger partial charge in [0.25, 0.3) is 5.56 Å². The zero-order valence-electron chi connectivity index (χ0n) is 16.4. The van der Waals surface area contributed by atoms with Crippen molar-refractivity contribution in [2.24, 2.45) is 5.73 Å². The summed E-state index contributed by atoms with van der Waals surface area (Å²) in [4.78, 5) is 21.8. The van der Waals surface area contributed by atoms with Gasteiger partial charge in [-0.3, -0.25) is 9.78 Å². The second-order valence-electron chi connectivity index (χ2n) is 7.72. The molecule has 3 heterocycles. The predicted octanol–water partition coefficient (Wildman–Crippen LogP) is 3.29. The van der Waals surface area contributed by atoms with Gasteiger partial charge in [0, 0.05) is 29.1 Å². The smallest absolute Gasteiger partial charge is 0.275 e. The van der Waals surface area contributed by atoms with Crippen LogP contribution in [-0.2, 0) is 0 Å². The highest BCUT2D eigenvalue weighted by atomic mass is 16.1. The third kappa shape index (κ3) is 3.46. The highest BCUT2D eigenvalue weighted by Crippen LogP contribution is 2.29. The Morgan fingerprint density at radius 2 is 1.97 bits per heavy atom. The highest BCUT2D eigenvalue weighted by Gasteiger charge is 2.22. The quantitative estimate of drug-likeness (QED) is 0.414. The first kappa shape index (κ1) is 18.5. The number of nitrogens with two attached hydrogens (primary N) is 1. The number of para-hydroxylation sites is 1. The van der Waals surface area contributed by atoms with Crippen LogP contribution in [0.3, 0.4) is 0 Å². The predicted molar refractivity (Wildman–Crippen MR) is 119 cm³/mol. The van der Waals surface area contributed by atoms with Crippen LogP contribution < -0.4 is 21.9 Å². The van der Waals surface area contributed by atoms with Crippen molar-refractivity contribution in [2.45, 2.75) is 37.8 Å². The van der Waals surface area contributed by atoms with Gasteiger partial charge >= 0.3 is 0 Å². The summed E-state index contributed by atoms with van der Waals surface area (Å²) in [7, 11) is 0. The van der Waals surface area contributed by atoms with E-state index in [-0.39, 0.29) is 17.6 Å². The molecule has 0 aliphatic heterocycles. The van der Waals surface area contributed by atoms with Crippen LogP contribution in [0.25, 0.3) is 21.7 Å². The van der Waals surface area contributed by atoms with E-state index in [4.69, 9.17) is 10.7 Å². The summed E-state index contributed by atoms with van der Waals surface area (Å²) < 4.78 is 0. The number of rotatable bonds is 4. The van der Waals surface area contributed by atoms with Crippen molar-refractivity contribution in [3.8, 4) is 0 Å². The van der Waals surface area contributed by atoms with Gasteiger partial charge in [-0.05, 0) is 31.0 Å². The largest absolute Gasteiger partial charge is 0.366 e. The SMILES string of the molecule is NC1CCCCC1Nc1cc2cn[nH]c(=O)c2c(Nc2cccc3cccnc23)n1. The van der Waals surface area contributed by atoms with Crippen LogP contribution in [0, 0.1) is 0 Å². The lowest BCUT2D eigenvalue weighted by Crippen LogP contribution is -2.42. The number of pyridine rings is 2. The normalized spacial score (nSPS) is 19.1. The van der Waals surface area contributed by atoms with Crippen LogP contribution in [0.4, 0.5) is 17.3 Å². The minimum atomic E-state index is -0.295. The van der Waals surface area contributed by atoms with E-state index in [0.29, 0.717) is 22.4 Å². The van der Waals surface area contributed by atoms with Crippen molar-refractivity contribution in [3.63, 3.8) is 0 Å². The van der Waals surface area contributed by atoms with E-state index in [0.717, 1.165) is 42.3 Å². The number of anilines is 3. The molecule has 8 heteroatoms. The summed E-state index contributed by atoms with van der Waals surface area (Å²) in [6, 6.07) is 11.9. The first-order valence-corrected chi connectivity index (χ1v) is 10.2. The first-order valence-electron chi connectivity index (χ1n) is 10.2. The Morgan fingerprint density at radius 1 is 1.10 bits per heavy atom. The first-order chi connectivity index (χ1) is 14.7. The molecule has 0 spiro atoms. The Labute approximate surface area is 172 Å². The summed E-state index contributed by atoms with van der Waals surface area (Å²) in [6.45, 7) is 0. The van der Waals surface area contributed by atoms with E-state index in [1.165, 1.54) is 0 Å². The molecule has 3 aromatic heterocycles. The standard InChI is InChI=1S/C22H23N7O/c23-15-7-1-2-8-16(15)26-18-11-14-12-25-29-22(30)19(14)21(28-18)27-17-9-3-5-13-6-4-10-24-20(13)17/h3-6,9-12,15-16H,1-2,7-8,23H2,(H,29,30)(H2,26,27,28). The van der Waals surface area contributed by atoms with Crippen LogP contribution in [0.2, 0.25) is 0 Å². The van der Waals surface area contributed by atoms with Crippen LogP contribution in [-0.4, -0.2) is 32.2 Å². The lowest BCUT2D eigenvalue weighted by Gasteiger charge is -2.30. The topological polar surface area (TPSA) is 122 Å². The zero-order valence-corrected chi connectivity index (χ0v) is 16.4. The van der Waals surface area contributed by atoms with Crippen molar-refractivity contribution in [2.75, 3.05) is 10.6 Å². The second kappa shape index (κ2) is 7.72. The third-order valence-corrected chi connectivity index (χ3v) is 5.69. The molecule has 1 aromatic carbocycles.